The van der Waals surface area contributed by atoms with E-state index in [0.717, 1.165) is 5.69 Å². The number of H-pyrrole nitrogens is 1. The minimum absolute atomic E-state index is 0.0241. The number of ether oxygens (including phenoxy) is 1. The average molecular weight is 260 g/mol. The fourth-order valence-electron chi connectivity index (χ4n) is 2.17. The molecule has 2 aromatic rings. The van der Waals surface area contributed by atoms with Crippen LogP contribution in [-0.4, -0.2) is 23.0 Å². The van der Waals surface area contributed by atoms with Crippen molar-refractivity contribution < 1.29 is 14.6 Å². The predicted molar refractivity (Wildman–Crippen MR) is 73.6 cm³/mol. The van der Waals surface area contributed by atoms with Crippen LogP contribution in [0.5, 0.6) is 11.5 Å². The van der Waals surface area contributed by atoms with E-state index in [1.54, 1.807) is 25.1 Å². The van der Waals surface area contributed by atoms with Crippen molar-refractivity contribution in [3.63, 3.8) is 0 Å². The molecule has 0 radical (unpaired) electrons. The number of carbonyl (C=O) groups is 1. The fourth-order valence-corrected chi connectivity index (χ4v) is 2.17. The summed E-state index contributed by atoms with van der Waals surface area (Å²) in [5, 5.41) is 9.78. The topological polar surface area (TPSA) is 88.3 Å². The summed E-state index contributed by atoms with van der Waals surface area (Å²) in [4.78, 5) is 14.6. The first-order chi connectivity index (χ1) is 8.95. The number of hydrogen-bond acceptors (Lipinski definition) is 4. The third-order valence-corrected chi connectivity index (χ3v) is 3.05. The third-order valence-electron chi connectivity index (χ3n) is 3.05. The van der Waals surface area contributed by atoms with Crippen LogP contribution in [0.15, 0.2) is 18.2 Å². The van der Waals surface area contributed by atoms with E-state index in [4.69, 9.17) is 10.5 Å². The Morgan fingerprint density at radius 3 is 2.58 bits per heavy atom. The summed E-state index contributed by atoms with van der Waals surface area (Å²) in [7, 11) is 1.48. The molecule has 0 aliphatic carbocycles. The summed E-state index contributed by atoms with van der Waals surface area (Å²) >= 11 is 0. The van der Waals surface area contributed by atoms with Crippen molar-refractivity contribution in [2.45, 2.75) is 13.8 Å². The molecule has 2 rings (SSSR count). The number of hydrogen-bond donors (Lipinski definition) is 3. The maximum Gasteiger partial charge on any atom is 0.163 e. The number of benzene rings is 1. The molecular formula is C14H16N2O3. The largest absolute Gasteiger partial charge is 0.504 e. The summed E-state index contributed by atoms with van der Waals surface area (Å²) in [6, 6.07) is 4.96. The van der Waals surface area contributed by atoms with Gasteiger partial charge in [0.25, 0.3) is 0 Å². The van der Waals surface area contributed by atoms with Crippen molar-refractivity contribution in [3.8, 4) is 22.8 Å². The van der Waals surface area contributed by atoms with Crippen molar-refractivity contribution in [1.82, 2.24) is 4.98 Å². The highest BCUT2D eigenvalue weighted by Crippen LogP contribution is 2.35. The first-order valence-electron chi connectivity index (χ1n) is 5.82. The van der Waals surface area contributed by atoms with Crippen LogP contribution in [0.4, 0.5) is 5.69 Å². The number of ketones is 1. The second kappa shape index (κ2) is 4.68. The van der Waals surface area contributed by atoms with Crippen LogP contribution in [0.2, 0.25) is 0 Å². The van der Waals surface area contributed by atoms with Crippen molar-refractivity contribution in [2.24, 2.45) is 0 Å². The fraction of sp³-hybridized carbons (Fsp3) is 0.214. The van der Waals surface area contributed by atoms with E-state index in [1.165, 1.54) is 14.0 Å². The molecule has 0 unspecified atom stereocenters. The van der Waals surface area contributed by atoms with E-state index < -0.39 is 0 Å². The number of carbonyl (C=O) groups excluding carboxylic acids is 1. The predicted octanol–water partition coefficient (Wildman–Crippen LogP) is 2.49. The van der Waals surface area contributed by atoms with Crippen molar-refractivity contribution >= 4 is 11.5 Å². The Balaban J connectivity index is 2.57. The highest BCUT2D eigenvalue weighted by molar-refractivity contribution is 6.03. The van der Waals surface area contributed by atoms with Crippen LogP contribution < -0.4 is 10.5 Å². The Morgan fingerprint density at radius 1 is 1.42 bits per heavy atom. The number of nitrogens with one attached hydrogen (secondary N) is 1. The molecule has 19 heavy (non-hydrogen) atoms. The highest BCUT2D eigenvalue weighted by atomic mass is 16.5. The molecule has 0 bridgehead atoms. The van der Waals surface area contributed by atoms with Crippen molar-refractivity contribution in [1.29, 1.82) is 0 Å². The summed E-state index contributed by atoms with van der Waals surface area (Å²) in [5.74, 6) is 0.323. The van der Waals surface area contributed by atoms with Gasteiger partial charge >= 0.3 is 0 Å². The van der Waals surface area contributed by atoms with Crippen molar-refractivity contribution in [2.75, 3.05) is 12.8 Å². The Bertz CT molecular complexity index is 644. The Morgan fingerprint density at radius 2 is 2.11 bits per heavy atom. The smallest absolute Gasteiger partial charge is 0.163 e. The van der Waals surface area contributed by atoms with Gasteiger partial charge in [-0.25, -0.2) is 0 Å². The Hall–Kier alpha value is -2.43. The number of aromatic nitrogens is 1. The first kappa shape index (κ1) is 13.0. The van der Waals surface area contributed by atoms with E-state index in [1.807, 2.05) is 0 Å². The molecule has 0 amide bonds. The van der Waals surface area contributed by atoms with E-state index in [2.05, 4.69) is 4.98 Å². The molecule has 0 atom stereocenters. The lowest BCUT2D eigenvalue weighted by molar-refractivity contribution is 0.101. The van der Waals surface area contributed by atoms with Crippen molar-refractivity contribution in [3.05, 3.63) is 29.5 Å². The molecule has 1 heterocycles. The molecule has 0 aliphatic rings. The number of rotatable bonds is 3. The van der Waals surface area contributed by atoms with Gasteiger partial charge in [0.15, 0.2) is 17.3 Å². The molecule has 5 nitrogen and oxygen atoms in total. The molecule has 5 heteroatoms. The number of aromatic hydroxyl groups is 1. The molecular weight excluding hydrogens is 244 g/mol. The number of aryl methyl sites for hydroxylation is 1. The zero-order valence-electron chi connectivity index (χ0n) is 11.1. The van der Waals surface area contributed by atoms with Crippen LogP contribution in [-0.2, 0) is 0 Å². The zero-order chi connectivity index (χ0) is 14.2. The second-order valence-corrected chi connectivity index (χ2v) is 4.36. The van der Waals surface area contributed by atoms with E-state index in [0.29, 0.717) is 28.3 Å². The summed E-state index contributed by atoms with van der Waals surface area (Å²) in [6.45, 7) is 3.27. The van der Waals surface area contributed by atoms with Gasteiger partial charge in [-0.3, -0.25) is 4.79 Å². The van der Waals surface area contributed by atoms with Crippen LogP contribution in [0, 0.1) is 6.92 Å². The molecule has 1 aromatic heterocycles. The molecule has 100 valence electrons. The molecule has 0 saturated carbocycles. The quantitative estimate of drug-likeness (QED) is 0.740. The molecule has 0 fully saturated rings. The van der Waals surface area contributed by atoms with Gasteiger partial charge in [0, 0.05) is 11.3 Å². The van der Waals surface area contributed by atoms with Crippen LogP contribution in [0.3, 0.4) is 0 Å². The van der Waals surface area contributed by atoms with E-state index >= 15 is 0 Å². The molecule has 0 saturated heterocycles. The number of nitrogens with two attached hydrogens (primary N) is 1. The number of aromatic amines is 1. The first-order valence-corrected chi connectivity index (χ1v) is 5.82. The van der Waals surface area contributed by atoms with E-state index in [9.17, 15) is 9.90 Å². The number of phenols is 1. The van der Waals surface area contributed by atoms with Gasteiger partial charge in [-0.05, 0) is 32.0 Å². The van der Waals surface area contributed by atoms with Gasteiger partial charge < -0.3 is 20.6 Å². The Labute approximate surface area is 111 Å². The van der Waals surface area contributed by atoms with Gasteiger partial charge in [-0.2, -0.15) is 0 Å². The molecule has 4 N–H and O–H groups in total. The number of methoxy groups -OCH3 is 1. The van der Waals surface area contributed by atoms with Crippen LogP contribution >= 0.6 is 0 Å². The number of Topliss-reactive ketones (excluding diaryl/α,β-unsaturated/α-hetero) is 1. The SMILES string of the molecule is COc1ccc(-c2[nH]c(C)c(C(C)=O)c2N)cc1O. The molecule has 0 aliphatic heterocycles. The van der Waals surface area contributed by atoms with Gasteiger partial charge in [0.05, 0.1) is 24.1 Å². The monoisotopic (exact) mass is 260 g/mol. The van der Waals surface area contributed by atoms with E-state index in [-0.39, 0.29) is 11.5 Å². The molecule has 0 spiro atoms. The maximum atomic E-state index is 11.5. The normalized spacial score (nSPS) is 10.5. The average Bonchev–Trinajstić information content (AvgIpc) is 2.64. The van der Waals surface area contributed by atoms with Gasteiger partial charge in [-0.1, -0.05) is 0 Å². The summed E-state index contributed by atoms with van der Waals surface area (Å²) in [6.07, 6.45) is 0. The number of nitrogen functional groups attached to an aromatic ring is 1. The summed E-state index contributed by atoms with van der Waals surface area (Å²) < 4.78 is 4.99. The lowest BCUT2D eigenvalue weighted by Crippen LogP contribution is -1.98. The van der Waals surface area contributed by atoms with Crippen LogP contribution in [0.1, 0.15) is 23.0 Å². The zero-order valence-corrected chi connectivity index (χ0v) is 11.1. The minimum atomic E-state index is -0.0877. The number of phenolic OH excluding ortho intramolecular Hbond substituents is 1. The van der Waals surface area contributed by atoms with Gasteiger partial charge in [0.1, 0.15) is 0 Å². The molecule has 1 aromatic carbocycles. The van der Waals surface area contributed by atoms with Gasteiger partial charge in [-0.15, -0.1) is 0 Å². The standard InChI is InChI=1S/C14H16N2O3/c1-7-12(8(2)17)13(15)14(16-7)9-4-5-11(19-3)10(18)6-9/h4-6,16,18H,15H2,1-3H3. The number of anilines is 1. The maximum absolute atomic E-state index is 11.5. The lowest BCUT2D eigenvalue weighted by Gasteiger charge is -2.06. The van der Waals surface area contributed by atoms with Gasteiger partial charge in [0.2, 0.25) is 0 Å². The van der Waals surface area contributed by atoms with Crippen LogP contribution in [0.25, 0.3) is 11.3 Å². The lowest BCUT2D eigenvalue weighted by atomic mass is 10.1. The summed E-state index contributed by atoms with van der Waals surface area (Å²) in [5.41, 5.74) is 8.93. The third kappa shape index (κ3) is 2.14. The highest BCUT2D eigenvalue weighted by Gasteiger charge is 2.17. The Kier molecular flexibility index (Phi) is 3.21. The second-order valence-electron chi connectivity index (χ2n) is 4.36. The minimum Gasteiger partial charge on any atom is -0.504 e.